The molecule has 1 heterocycles. The molecule has 2 aromatic rings. The predicted octanol–water partition coefficient (Wildman–Crippen LogP) is 3.58. The maximum Gasteiger partial charge on any atom is 0.416 e. The van der Waals surface area contributed by atoms with Gasteiger partial charge in [0.25, 0.3) is 0 Å². The second kappa shape index (κ2) is 5.61. The summed E-state index contributed by atoms with van der Waals surface area (Å²) < 4.78 is 38.4. The van der Waals surface area contributed by atoms with Crippen molar-refractivity contribution in [3.05, 3.63) is 59.4 Å². The molecule has 0 bridgehead atoms. The van der Waals surface area contributed by atoms with Gasteiger partial charge in [0.2, 0.25) is 0 Å². The highest BCUT2D eigenvalue weighted by Crippen LogP contribution is 2.32. The smallest absolute Gasteiger partial charge is 0.381 e. The molecule has 1 aromatic carbocycles. The molecule has 0 saturated carbocycles. The van der Waals surface area contributed by atoms with Crippen LogP contribution in [0.1, 0.15) is 16.8 Å². The van der Waals surface area contributed by atoms with Crippen LogP contribution in [-0.2, 0) is 12.7 Å². The maximum absolute atomic E-state index is 12.8. The van der Waals surface area contributed by atoms with E-state index in [9.17, 15) is 13.2 Å². The van der Waals surface area contributed by atoms with Gasteiger partial charge in [-0.3, -0.25) is 0 Å². The van der Waals surface area contributed by atoms with Crippen molar-refractivity contribution in [2.75, 3.05) is 5.32 Å². The van der Waals surface area contributed by atoms with Crippen LogP contribution in [0, 0.1) is 11.3 Å². The van der Waals surface area contributed by atoms with Crippen LogP contribution in [0.3, 0.4) is 0 Å². The molecule has 6 heteroatoms. The zero-order valence-electron chi connectivity index (χ0n) is 10.3. The van der Waals surface area contributed by atoms with Crippen LogP contribution >= 0.6 is 0 Å². The normalized spacial score (nSPS) is 10.9. The summed E-state index contributed by atoms with van der Waals surface area (Å²) in [6.45, 7) is 0.0184. The van der Waals surface area contributed by atoms with Crippen LogP contribution in [0.4, 0.5) is 18.9 Å². The third-order valence-electron chi connectivity index (χ3n) is 2.68. The summed E-state index contributed by atoms with van der Waals surface area (Å²) in [5.74, 6) is 0. The Balaban J connectivity index is 2.17. The Hall–Kier alpha value is -2.55. The molecule has 1 aromatic heterocycles. The standard InChI is InChI=1S/C14H10F3N3/c15-14(16,17)13-4-2-1-3-10(13)9-20-11-5-6-19-12(7-11)8-18/h1-7H,9H2,(H,19,20). The zero-order valence-corrected chi connectivity index (χ0v) is 10.3. The molecule has 0 spiro atoms. The van der Waals surface area contributed by atoms with Gasteiger partial charge in [0.15, 0.2) is 0 Å². The van der Waals surface area contributed by atoms with Crippen LogP contribution in [0.5, 0.6) is 0 Å². The second-order valence-electron chi connectivity index (χ2n) is 4.05. The molecular formula is C14H10F3N3. The van der Waals surface area contributed by atoms with E-state index in [0.29, 0.717) is 5.69 Å². The van der Waals surface area contributed by atoms with E-state index in [4.69, 9.17) is 5.26 Å². The number of hydrogen-bond acceptors (Lipinski definition) is 3. The van der Waals surface area contributed by atoms with Gasteiger partial charge in [0.05, 0.1) is 5.56 Å². The highest BCUT2D eigenvalue weighted by Gasteiger charge is 2.32. The molecule has 0 aliphatic carbocycles. The molecule has 3 nitrogen and oxygen atoms in total. The van der Waals surface area contributed by atoms with Crippen molar-refractivity contribution >= 4 is 5.69 Å². The fourth-order valence-corrected chi connectivity index (χ4v) is 1.75. The number of nitriles is 1. The number of nitrogens with one attached hydrogen (secondary N) is 1. The minimum Gasteiger partial charge on any atom is -0.381 e. The molecule has 102 valence electrons. The van der Waals surface area contributed by atoms with E-state index >= 15 is 0 Å². The average molecular weight is 277 g/mol. The lowest BCUT2D eigenvalue weighted by Gasteiger charge is -2.13. The number of anilines is 1. The summed E-state index contributed by atoms with van der Waals surface area (Å²) in [4.78, 5) is 3.79. The van der Waals surface area contributed by atoms with Crippen LogP contribution in [0.15, 0.2) is 42.6 Å². The van der Waals surface area contributed by atoms with Crippen LogP contribution in [0.2, 0.25) is 0 Å². The van der Waals surface area contributed by atoms with Gasteiger partial charge in [0.1, 0.15) is 11.8 Å². The van der Waals surface area contributed by atoms with Crippen LogP contribution in [-0.4, -0.2) is 4.98 Å². The maximum atomic E-state index is 12.8. The number of halogens is 3. The molecule has 0 aliphatic heterocycles. The van der Waals surface area contributed by atoms with Crippen LogP contribution in [0.25, 0.3) is 0 Å². The SMILES string of the molecule is N#Cc1cc(NCc2ccccc2C(F)(F)F)ccn1. The first-order valence-electron chi connectivity index (χ1n) is 5.76. The number of nitrogens with zero attached hydrogens (tertiary/aromatic N) is 2. The summed E-state index contributed by atoms with van der Waals surface area (Å²) in [5.41, 5.74) is 0.241. The van der Waals surface area contributed by atoms with E-state index in [1.807, 2.05) is 6.07 Å². The highest BCUT2D eigenvalue weighted by atomic mass is 19.4. The highest BCUT2D eigenvalue weighted by molar-refractivity contribution is 5.47. The molecule has 2 rings (SSSR count). The van der Waals surface area contributed by atoms with Gasteiger partial charge in [-0.1, -0.05) is 18.2 Å². The van der Waals surface area contributed by atoms with Gasteiger partial charge in [-0.15, -0.1) is 0 Å². The first kappa shape index (κ1) is 13.9. The number of benzene rings is 1. The van der Waals surface area contributed by atoms with E-state index in [1.54, 1.807) is 12.1 Å². The summed E-state index contributed by atoms with van der Waals surface area (Å²) in [5, 5.41) is 11.6. The second-order valence-corrected chi connectivity index (χ2v) is 4.05. The molecule has 0 saturated heterocycles. The Morgan fingerprint density at radius 1 is 1.20 bits per heavy atom. The lowest BCUT2D eigenvalue weighted by Crippen LogP contribution is -2.11. The predicted molar refractivity (Wildman–Crippen MR) is 67.7 cm³/mol. The summed E-state index contributed by atoms with van der Waals surface area (Å²) in [7, 11) is 0. The molecule has 0 atom stereocenters. The lowest BCUT2D eigenvalue weighted by atomic mass is 10.1. The topological polar surface area (TPSA) is 48.7 Å². The fraction of sp³-hybridized carbons (Fsp3) is 0.143. The van der Waals surface area contributed by atoms with Gasteiger partial charge in [0, 0.05) is 18.4 Å². The number of hydrogen-bond donors (Lipinski definition) is 1. The van der Waals surface area contributed by atoms with Crippen molar-refractivity contribution < 1.29 is 13.2 Å². The molecule has 0 fully saturated rings. The lowest BCUT2D eigenvalue weighted by molar-refractivity contribution is -0.138. The third-order valence-corrected chi connectivity index (χ3v) is 2.68. The molecule has 20 heavy (non-hydrogen) atoms. The number of pyridine rings is 1. The van der Waals surface area contributed by atoms with Gasteiger partial charge >= 0.3 is 6.18 Å². The Morgan fingerprint density at radius 3 is 2.65 bits per heavy atom. The van der Waals surface area contributed by atoms with Gasteiger partial charge in [-0.2, -0.15) is 18.4 Å². The number of rotatable bonds is 3. The van der Waals surface area contributed by atoms with Crippen molar-refractivity contribution in [2.24, 2.45) is 0 Å². The molecule has 1 N–H and O–H groups in total. The largest absolute Gasteiger partial charge is 0.416 e. The van der Waals surface area contributed by atoms with E-state index < -0.39 is 11.7 Å². The summed E-state index contributed by atoms with van der Waals surface area (Å²) in [6.07, 6.45) is -2.95. The first-order chi connectivity index (χ1) is 9.50. The fourth-order valence-electron chi connectivity index (χ4n) is 1.75. The number of alkyl halides is 3. The van der Waals surface area contributed by atoms with Crippen molar-refractivity contribution in [1.29, 1.82) is 5.26 Å². The van der Waals surface area contributed by atoms with Crippen LogP contribution < -0.4 is 5.32 Å². The summed E-state index contributed by atoms with van der Waals surface area (Å²) in [6, 6.07) is 10.3. The minimum atomic E-state index is -4.38. The molecule has 0 radical (unpaired) electrons. The van der Waals surface area contributed by atoms with Gasteiger partial charge < -0.3 is 5.32 Å². The van der Waals surface area contributed by atoms with Crippen molar-refractivity contribution in [2.45, 2.75) is 12.7 Å². The van der Waals surface area contributed by atoms with E-state index in [2.05, 4.69) is 10.3 Å². The molecule has 0 amide bonds. The van der Waals surface area contributed by atoms with Gasteiger partial charge in [-0.05, 0) is 23.8 Å². The molecular weight excluding hydrogens is 267 g/mol. The first-order valence-corrected chi connectivity index (χ1v) is 5.76. The Kier molecular flexibility index (Phi) is 3.89. The number of aromatic nitrogens is 1. The zero-order chi connectivity index (χ0) is 14.6. The monoisotopic (exact) mass is 277 g/mol. The van der Waals surface area contributed by atoms with Crippen molar-refractivity contribution in [1.82, 2.24) is 4.98 Å². The molecule has 0 unspecified atom stereocenters. The Morgan fingerprint density at radius 2 is 1.95 bits per heavy atom. The van der Waals surface area contributed by atoms with E-state index in [0.717, 1.165) is 6.07 Å². The third kappa shape index (κ3) is 3.26. The Bertz CT molecular complexity index is 645. The van der Waals surface area contributed by atoms with Crippen molar-refractivity contribution in [3.63, 3.8) is 0 Å². The van der Waals surface area contributed by atoms with E-state index in [-0.39, 0.29) is 17.8 Å². The quantitative estimate of drug-likeness (QED) is 0.932. The Labute approximate surface area is 113 Å². The molecule has 0 aliphatic rings. The van der Waals surface area contributed by atoms with E-state index in [1.165, 1.54) is 24.4 Å². The average Bonchev–Trinajstić information content (AvgIpc) is 2.44. The van der Waals surface area contributed by atoms with Crippen molar-refractivity contribution in [3.8, 4) is 6.07 Å². The van der Waals surface area contributed by atoms with Gasteiger partial charge in [-0.25, -0.2) is 4.98 Å². The summed E-state index contributed by atoms with van der Waals surface area (Å²) >= 11 is 0. The minimum absolute atomic E-state index is 0.0184.